The highest BCUT2D eigenvalue weighted by Gasteiger charge is 2.07. The van der Waals surface area contributed by atoms with E-state index in [-0.39, 0.29) is 0 Å². The first-order chi connectivity index (χ1) is 11.9. The van der Waals surface area contributed by atoms with E-state index in [1.54, 1.807) is 0 Å². The van der Waals surface area contributed by atoms with Crippen LogP contribution in [0.4, 0.5) is 10.3 Å². The van der Waals surface area contributed by atoms with Crippen LogP contribution in [0.2, 0.25) is 0 Å². The van der Waals surface area contributed by atoms with E-state index in [1.165, 1.54) is 22.7 Å². The summed E-state index contributed by atoms with van der Waals surface area (Å²) in [6, 6.07) is 19.7. The van der Waals surface area contributed by atoms with E-state index >= 15 is 0 Å². The largest absolute Gasteiger partial charge is 0.252 e. The van der Waals surface area contributed by atoms with Gasteiger partial charge in [0.25, 0.3) is 10.3 Å². The molecule has 0 atom stereocenters. The predicted molar refractivity (Wildman–Crippen MR) is 94.9 cm³/mol. The van der Waals surface area contributed by atoms with Crippen LogP contribution in [0, 0.1) is 0 Å². The van der Waals surface area contributed by atoms with E-state index < -0.39 is 0 Å². The molecule has 2 aromatic carbocycles. The lowest BCUT2D eigenvalue weighted by Gasteiger charge is -1.91. The summed E-state index contributed by atoms with van der Waals surface area (Å²) in [5, 5.41) is 27.2. The number of hydrogen-bond acceptors (Lipinski definition) is 8. The molecule has 0 saturated carbocycles. The molecule has 2 aromatic heterocycles. The molecule has 0 aliphatic heterocycles. The molecule has 6 nitrogen and oxygen atoms in total. The van der Waals surface area contributed by atoms with Gasteiger partial charge in [-0.2, -0.15) is 0 Å². The third-order valence-corrected chi connectivity index (χ3v) is 4.80. The minimum atomic E-state index is 0.491. The molecule has 4 rings (SSSR count). The molecule has 0 N–H and O–H groups in total. The highest BCUT2D eigenvalue weighted by atomic mass is 32.1. The van der Waals surface area contributed by atoms with Crippen molar-refractivity contribution in [3.8, 4) is 21.1 Å². The summed E-state index contributed by atoms with van der Waals surface area (Å²) in [6.45, 7) is 0. The van der Waals surface area contributed by atoms with Gasteiger partial charge in [-0.05, 0) is 0 Å². The van der Waals surface area contributed by atoms with Crippen molar-refractivity contribution >= 4 is 32.9 Å². The van der Waals surface area contributed by atoms with Crippen LogP contribution in [0.15, 0.2) is 70.9 Å². The van der Waals surface area contributed by atoms with E-state index in [0.29, 0.717) is 10.3 Å². The van der Waals surface area contributed by atoms with Gasteiger partial charge in [0.15, 0.2) is 0 Å². The molecule has 24 heavy (non-hydrogen) atoms. The van der Waals surface area contributed by atoms with Crippen LogP contribution in [0.3, 0.4) is 0 Å². The van der Waals surface area contributed by atoms with Crippen molar-refractivity contribution in [3.05, 3.63) is 60.7 Å². The van der Waals surface area contributed by atoms with Crippen LogP contribution in [0.25, 0.3) is 21.1 Å². The van der Waals surface area contributed by atoms with Gasteiger partial charge in [-0.1, -0.05) is 83.3 Å². The summed E-state index contributed by atoms with van der Waals surface area (Å²) in [6.07, 6.45) is 0. The van der Waals surface area contributed by atoms with Gasteiger partial charge in [0.1, 0.15) is 10.0 Å². The standard InChI is InChI=1S/C16H10N6S2/c1-3-7-11(8-4-1)13-17-19-15(23-13)21-22-16-20-18-14(24-16)12-9-5-2-6-10-12/h1-10H/b22-21+. The number of hydrogen-bond donors (Lipinski definition) is 0. The summed E-state index contributed by atoms with van der Waals surface area (Å²) >= 11 is 2.76. The van der Waals surface area contributed by atoms with Crippen LogP contribution in [-0.2, 0) is 0 Å². The third-order valence-electron chi connectivity index (χ3n) is 3.09. The van der Waals surface area contributed by atoms with Gasteiger partial charge in [-0.3, -0.25) is 0 Å². The lowest BCUT2D eigenvalue weighted by Crippen LogP contribution is -1.74. The highest BCUT2D eigenvalue weighted by Crippen LogP contribution is 2.31. The second kappa shape index (κ2) is 6.73. The molecule has 4 aromatic rings. The van der Waals surface area contributed by atoms with Gasteiger partial charge in [0.05, 0.1) is 0 Å². The molecule has 0 aliphatic rings. The monoisotopic (exact) mass is 350 g/mol. The Morgan fingerprint density at radius 2 is 0.958 bits per heavy atom. The Morgan fingerprint density at radius 3 is 1.38 bits per heavy atom. The zero-order valence-corrected chi connectivity index (χ0v) is 13.9. The SMILES string of the molecule is c1ccc(-c2nnc(/N=N/c3nnc(-c4ccccc4)s3)s2)cc1. The van der Waals surface area contributed by atoms with Crippen molar-refractivity contribution in [2.24, 2.45) is 10.2 Å². The Labute approximate surface area is 145 Å². The van der Waals surface area contributed by atoms with Crippen LogP contribution >= 0.6 is 22.7 Å². The maximum Gasteiger partial charge on any atom is 0.252 e. The van der Waals surface area contributed by atoms with Crippen LogP contribution < -0.4 is 0 Å². The molecule has 0 radical (unpaired) electrons. The van der Waals surface area contributed by atoms with Crippen molar-refractivity contribution in [1.82, 2.24) is 20.4 Å². The number of benzene rings is 2. The quantitative estimate of drug-likeness (QED) is 0.478. The molecule has 0 saturated heterocycles. The Kier molecular flexibility index (Phi) is 4.13. The summed E-state index contributed by atoms with van der Waals surface area (Å²) in [5.74, 6) is 0. The van der Waals surface area contributed by atoms with E-state index in [4.69, 9.17) is 0 Å². The summed E-state index contributed by atoms with van der Waals surface area (Å²) in [5.41, 5.74) is 2.03. The minimum Gasteiger partial charge on any atom is -0.136 e. The zero-order valence-electron chi connectivity index (χ0n) is 12.3. The molecule has 0 aliphatic carbocycles. The average molecular weight is 350 g/mol. The second-order valence-corrected chi connectivity index (χ2v) is 6.62. The van der Waals surface area contributed by atoms with Crippen molar-refractivity contribution < 1.29 is 0 Å². The van der Waals surface area contributed by atoms with Gasteiger partial charge in [-0.15, -0.1) is 30.6 Å². The van der Waals surface area contributed by atoms with E-state index in [2.05, 4.69) is 30.6 Å². The summed E-state index contributed by atoms with van der Waals surface area (Å²) in [4.78, 5) is 0. The molecule has 0 bridgehead atoms. The molecular weight excluding hydrogens is 340 g/mol. The number of azo groups is 1. The van der Waals surface area contributed by atoms with E-state index in [1.807, 2.05) is 60.7 Å². The summed E-state index contributed by atoms with van der Waals surface area (Å²) in [7, 11) is 0. The summed E-state index contributed by atoms with van der Waals surface area (Å²) < 4.78 is 0. The van der Waals surface area contributed by atoms with Crippen LogP contribution in [0.1, 0.15) is 0 Å². The average Bonchev–Trinajstić information content (AvgIpc) is 3.31. The van der Waals surface area contributed by atoms with Crippen molar-refractivity contribution in [3.63, 3.8) is 0 Å². The number of nitrogens with zero attached hydrogens (tertiary/aromatic N) is 6. The highest BCUT2D eigenvalue weighted by molar-refractivity contribution is 7.18. The number of aromatic nitrogens is 4. The van der Waals surface area contributed by atoms with Crippen LogP contribution in [-0.4, -0.2) is 20.4 Å². The molecule has 0 amide bonds. The van der Waals surface area contributed by atoms with Gasteiger partial charge < -0.3 is 0 Å². The minimum absolute atomic E-state index is 0.491. The number of rotatable bonds is 4. The van der Waals surface area contributed by atoms with Gasteiger partial charge >= 0.3 is 0 Å². The maximum atomic E-state index is 4.13. The first-order valence-electron chi connectivity index (χ1n) is 7.08. The predicted octanol–water partition coefficient (Wildman–Crippen LogP) is 5.14. The topological polar surface area (TPSA) is 76.3 Å². The van der Waals surface area contributed by atoms with Crippen molar-refractivity contribution in [2.45, 2.75) is 0 Å². The lowest BCUT2D eigenvalue weighted by molar-refractivity contribution is 1.03. The molecule has 0 unspecified atom stereocenters. The molecule has 8 heteroatoms. The van der Waals surface area contributed by atoms with Crippen molar-refractivity contribution in [1.29, 1.82) is 0 Å². The Hall–Kier alpha value is -2.84. The Morgan fingerprint density at radius 1 is 0.542 bits per heavy atom. The fraction of sp³-hybridized carbons (Fsp3) is 0. The second-order valence-electron chi connectivity index (χ2n) is 4.71. The Balaban J connectivity index is 1.52. The maximum absolute atomic E-state index is 4.13. The molecular formula is C16H10N6S2. The first kappa shape index (κ1) is 14.7. The first-order valence-corrected chi connectivity index (χ1v) is 8.71. The van der Waals surface area contributed by atoms with Gasteiger partial charge in [-0.25, -0.2) is 0 Å². The van der Waals surface area contributed by atoms with Crippen molar-refractivity contribution in [2.75, 3.05) is 0 Å². The molecule has 0 fully saturated rings. The molecule has 116 valence electrons. The van der Waals surface area contributed by atoms with Crippen LogP contribution in [0.5, 0.6) is 0 Å². The fourth-order valence-corrected chi connectivity index (χ4v) is 3.34. The lowest BCUT2D eigenvalue weighted by atomic mass is 10.2. The Bertz CT molecular complexity index is 883. The normalized spacial score (nSPS) is 11.2. The van der Waals surface area contributed by atoms with E-state index in [9.17, 15) is 0 Å². The van der Waals surface area contributed by atoms with E-state index in [0.717, 1.165) is 21.1 Å². The molecule has 2 heterocycles. The smallest absolute Gasteiger partial charge is 0.136 e. The molecule has 0 spiro atoms. The van der Waals surface area contributed by atoms with Gasteiger partial charge in [0, 0.05) is 11.1 Å². The zero-order chi connectivity index (χ0) is 16.2. The van der Waals surface area contributed by atoms with Gasteiger partial charge in [0.2, 0.25) is 0 Å². The third kappa shape index (κ3) is 3.24. The fourth-order valence-electron chi connectivity index (χ4n) is 1.99.